The highest BCUT2D eigenvalue weighted by Crippen LogP contribution is 2.27. The van der Waals surface area contributed by atoms with Crippen molar-refractivity contribution < 1.29 is 0 Å². The Bertz CT molecular complexity index is 1270. The molecular formula is C30H27N3. The maximum atomic E-state index is 4.65. The Morgan fingerprint density at radius 1 is 0.606 bits per heavy atom. The van der Waals surface area contributed by atoms with Gasteiger partial charge in [0.25, 0.3) is 0 Å². The zero-order valence-corrected chi connectivity index (χ0v) is 18.6. The molecule has 0 aliphatic heterocycles. The Hall–Kier alpha value is -3.95. The number of rotatable bonds is 8. The van der Waals surface area contributed by atoms with Crippen LogP contribution in [0.2, 0.25) is 0 Å². The summed E-state index contributed by atoms with van der Waals surface area (Å²) in [5, 5.41) is 9.54. The predicted octanol–water partition coefficient (Wildman–Crippen LogP) is 6.58. The van der Waals surface area contributed by atoms with E-state index in [2.05, 4.69) is 131 Å². The van der Waals surface area contributed by atoms with Gasteiger partial charge in [0.1, 0.15) is 0 Å². The lowest BCUT2D eigenvalue weighted by Crippen LogP contribution is -2.31. The van der Waals surface area contributed by atoms with Crippen LogP contribution >= 0.6 is 0 Å². The van der Waals surface area contributed by atoms with E-state index in [-0.39, 0.29) is 0 Å². The molecule has 0 fully saturated rings. The molecule has 0 saturated heterocycles. The number of nitrogens with one attached hydrogen (secondary N) is 1. The molecule has 5 aromatic carbocycles. The molecule has 0 aromatic heterocycles. The summed E-state index contributed by atoms with van der Waals surface area (Å²) in [7, 11) is 0. The molecule has 0 aliphatic rings. The third-order valence-electron chi connectivity index (χ3n) is 5.89. The molecule has 0 unspecified atom stereocenters. The summed E-state index contributed by atoms with van der Waals surface area (Å²) in [4.78, 5) is 2.36. The maximum absolute atomic E-state index is 4.65. The quantitative estimate of drug-likeness (QED) is 0.131. The average molecular weight is 430 g/mol. The molecule has 3 nitrogen and oxygen atoms in total. The van der Waals surface area contributed by atoms with Gasteiger partial charge in [0, 0.05) is 18.7 Å². The lowest BCUT2D eigenvalue weighted by atomic mass is 9.97. The Morgan fingerprint density at radius 3 is 1.64 bits per heavy atom. The van der Waals surface area contributed by atoms with E-state index in [9.17, 15) is 0 Å². The van der Waals surface area contributed by atoms with Crippen molar-refractivity contribution in [2.45, 2.75) is 13.1 Å². The second-order valence-electron chi connectivity index (χ2n) is 8.27. The summed E-state index contributed by atoms with van der Waals surface area (Å²) >= 11 is 0. The number of nitrogens with zero attached hydrogens (tertiary/aromatic N) is 2. The first kappa shape index (κ1) is 20.9. The predicted molar refractivity (Wildman–Crippen MR) is 139 cm³/mol. The second-order valence-corrected chi connectivity index (χ2v) is 8.27. The molecule has 0 atom stereocenters. The zero-order chi connectivity index (χ0) is 22.3. The van der Waals surface area contributed by atoms with Crippen LogP contribution in [0.15, 0.2) is 120 Å². The molecule has 0 heterocycles. The van der Waals surface area contributed by atoms with Crippen LogP contribution in [0.1, 0.15) is 16.7 Å². The second kappa shape index (κ2) is 10.1. The van der Waals surface area contributed by atoms with Crippen LogP contribution in [-0.2, 0) is 13.1 Å². The molecule has 0 radical (unpaired) electrons. The summed E-state index contributed by atoms with van der Waals surface area (Å²) in [5.41, 5.74) is 7.03. The first-order chi connectivity index (χ1) is 16.4. The van der Waals surface area contributed by atoms with Gasteiger partial charge in [-0.15, -0.1) is 0 Å². The van der Waals surface area contributed by atoms with E-state index in [0.29, 0.717) is 6.67 Å². The largest absolute Gasteiger partial charge is 0.296 e. The fourth-order valence-electron chi connectivity index (χ4n) is 4.29. The van der Waals surface area contributed by atoms with Crippen LogP contribution in [0, 0.1) is 0 Å². The minimum Gasteiger partial charge on any atom is -0.296 e. The van der Waals surface area contributed by atoms with Gasteiger partial charge >= 0.3 is 0 Å². The Labute approximate surface area is 195 Å². The highest BCUT2D eigenvalue weighted by Gasteiger charge is 2.08. The van der Waals surface area contributed by atoms with E-state index in [1.54, 1.807) is 0 Å². The highest BCUT2D eigenvalue weighted by atomic mass is 15.4. The van der Waals surface area contributed by atoms with Gasteiger partial charge in [0.15, 0.2) is 0 Å². The van der Waals surface area contributed by atoms with Gasteiger partial charge in [-0.25, -0.2) is 0 Å². The van der Waals surface area contributed by atoms with E-state index in [4.69, 9.17) is 0 Å². The third kappa shape index (κ3) is 5.11. The molecule has 0 bridgehead atoms. The normalized spacial score (nSPS) is 11.5. The smallest absolute Gasteiger partial charge is 0.0854 e. The van der Waals surface area contributed by atoms with Gasteiger partial charge in [0.05, 0.1) is 12.9 Å². The van der Waals surface area contributed by atoms with Crippen LogP contribution in [0.3, 0.4) is 0 Å². The standard InChI is InChI=1S/C30H27N3/c1-3-11-24(12-4-1)21-33(22-25-13-5-2-6-14-25)23-32-31-20-30-28-17-9-7-15-26(28)19-27-16-8-10-18-29(27)30/h1-20,32H,21-23H2. The minimum atomic E-state index is 0.656. The van der Waals surface area contributed by atoms with Crippen LogP contribution in [0.5, 0.6) is 0 Å². The number of fused-ring (bicyclic) bond motifs is 2. The Morgan fingerprint density at radius 2 is 1.09 bits per heavy atom. The fraction of sp³-hybridized carbons (Fsp3) is 0.100. The molecule has 0 amide bonds. The number of hydrogen-bond acceptors (Lipinski definition) is 3. The van der Waals surface area contributed by atoms with Crippen LogP contribution in [0.4, 0.5) is 0 Å². The summed E-state index contributed by atoms with van der Waals surface area (Å²) in [6.45, 7) is 2.37. The van der Waals surface area contributed by atoms with Crippen molar-refractivity contribution in [3.8, 4) is 0 Å². The van der Waals surface area contributed by atoms with Crippen LogP contribution < -0.4 is 5.43 Å². The number of hydrazone groups is 1. The average Bonchev–Trinajstić information content (AvgIpc) is 2.87. The van der Waals surface area contributed by atoms with Crippen molar-refractivity contribution in [2.75, 3.05) is 6.67 Å². The first-order valence-electron chi connectivity index (χ1n) is 11.3. The van der Waals surface area contributed by atoms with E-state index in [1.165, 1.54) is 32.7 Å². The zero-order valence-electron chi connectivity index (χ0n) is 18.6. The topological polar surface area (TPSA) is 27.6 Å². The molecule has 0 aliphatic carbocycles. The number of benzene rings is 5. The lowest BCUT2D eigenvalue weighted by molar-refractivity contribution is 0.238. The SMILES string of the molecule is C(=NNCN(Cc1ccccc1)Cc1ccccc1)c1c2ccccc2cc2ccccc12. The van der Waals surface area contributed by atoms with Gasteiger partial charge in [0.2, 0.25) is 0 Å². The summed E-state index contributed by atoms with van der Waals surface area (Å²) < 4.78 is 0. The molecule has 5 aromatic rings. The Balaban J connectivity index is 1.36. The van der Waals surface area contributed by atoms with E-state index in [1.807, 2.05) is 6.21 Å². The molecule has 33 heavy (non-hydrogen) atoms. The Kier molecular flexibility index (Phi) is 6.41. The van der Waals surface area contributed by atoms with Crippen molar-refractivity contribution in [1.29, 1.82) is 0 Å². The van der Waals surface area contributed by atoms with E-state index in [0.717, 1.165) is 18.7 Å². The van der Waals surface area contributed by atoms with Gasteiger partial charge < -0.3 is 0 Å². The van der Waals surface area contributed by atoms with Crippen LogP contribution in [-0.4, -0.2) is 17.8 Å². The molecule has 162 valence electrons. The van der Waals surface area contributed by atoms with Gasteiger partial charge in [-0.2, -0.15) is 5.10 Å². The first-order valence-corrected chi connectivity index (χ1v) is 11.3. The fourth-order valence-corrected chi connectivity index (χ4v) is 4.29. The summed E-state index contributed by atoms with van der Waals surface area (Å²) in [6.07, 6.45) is 1.97. The molecule has 0 saturated carbocycles. The van der Waals surface area contributed by atoms with Crippen molar-refractivity contribution in [3.63, 3.8) is 0 Å². The maximum Gasteiger partial charge on any atom is 0.0854 e. The molecule has 0 spiro atoms. The molecule has 1 N–H and O–H groups in total. The molecule has 5 rings (SSSR count). The van der Waals surface area contributed by atoms with Crippen molar-refractivity contribution in [1.82, 2.24) is 10.3 Å². The van der Waals surface area contributed by atoms with Crippen molar-refractivity contribution in [3.05, 3.63) is 132 Å². The molecular weight excluding hydrogens is 402 g/mol. The monoisotopic (exact) mass is 429 g/mol. The summed E-state index contributed by atoms with van der Waals surface area (Å²) in [6, 6.07) is 40.4. The van der Waals surface area contributed by atoms with Crippen LogP contribution in [0.25, 0.3) is 21.5 Å². The van der Waals surface area contributed by atoms with Gasteiger partial charge in [-0.1, -0.05) is 109 Å². The van der Waals surface area contributed by atoms with Gasteiger partial charge in [-0.05, 0) is 38.7 Å². The third-order valence-corrected chi connectivity index (χ3v) is 5.89. The minimum absolute atomic E-state index is 0.656. The van der Waals surface area contributed by atoms with Gasteiger partial charge in [-0.3, -0.25) is 10.3 Å². The number of hydrogen-bond donors (Lipinski definition) is 1. The van der Waals surface area contributed by atoms with Crippen molar-refractivity contribution in [2.24, 2.45) is 5.10 Å². The van der Waals surface area contributed by atoms with E-state index >= 15 is 0 Å². The van der Waals surface area contributed by atoms with Crippen molar-refractivity contribution >= 4 is 27.8 Å². The molecule has 3 heteroatoms. The summed E-state index contributed by atoms with van der Waals surface area (Å²) in [5.74, 6) is 0. The highest BCUT2D eigenvalue weighted by molar-refractivity contribution is 6.13. The lowest BCUT2D eigenvalue weighted by Gasteiger charge is -2.22. The van der Waals surface area contributed by atoms with E-state index < -0.39 is 0 Å².